The van der Waals surface area contributed by atoms with Crippen molar-refractivity contribution >= 4 is 15.9 Å². The molecule has 1 nitrogen and oxygen atoms in total. The third-order valence-electron chi connectivity index (χ3n) is 3.44. The Morgan fingerprint density at radius 1 is 1.14 bits per heavy atom. The first-order valence-electron chi connectivity index (χ1n) is 6.97. The van der Waals surface area contributed by atoms with E-state index in [4.69, 9.17) is 0 Å². The van der Waals surface area contributed by atoms with Crippen LogP contribution in [-0.4, -0.2) is 6.54 Å². The van der Waals surface area contributed by atoms with Crippen molar-refractivity contribution in [2.75, 3.05) is 6.54 Å². The minimum Gasteiger partial charge on any atom is -0.306 e. The third-order valence-corrected chi connectivity index (χ3v) is 4.30. The summed E-state index contributed by atoms with van der Waals surface area (Å²) in [5, 5.41) is 3.37. The normalized spacial score (nSPS) is 12.4. The summed E-state index contributed by atoms with van der Waals surface area (Å²) in [6, 6.07) is 9.32. The van der Waals surface area contributed by atoms with E-state index in [-0.39, 0.29) is 6.04 Å². The van der Waals surface area contributed by atoms with Gasteiger partial charge in [-0.05, 0) is 54.8 Å². The first kappa shape index (κ1) is 16.1. The fraction of sp³-hybridized carbons (Fsp3) is 0.294. The van der Waals surface area contributed by atoms with Gasteiger partial charge in [-0.3, -0.25) is 0 Å². The van der Waals surface area contributed by atoms with Gasteiger partial charge in [-0.1, -0.05) is 35.0 Å². The summed E-state index contributed by atoms with van der Waals surface area (Å²) in [6.07, 6.45) is 0.946. The molecule has 0 aliphatic carbocycles. The number of hydrogen-bond donors (Lipinski definition) is 1. The molecule has 1 atom stereocenters. The molecule has 112 valence electrons. The highest BCUT2D eigenvalue weighted by molar-refractivity contribution is 9.10. The number of halogens is 3. The minimum absolute atomic E-state index is 0.229. The van der Waals surface area contributed by atoms with Crippen LogP contribution in [0.4, 0.5) is 8.78 Å². The number of rotatable bonds is 5. The lowest BCUT2D eigenvalue weighted by Crippen LogP contribution is -2.24. The molecule has 21 heavy (non-hydrogen) atoms. The summed E-state index contributed by atoms with van der Waals surface area (Å²) >= 11 is 3.51. The molecule has 2 rings (SSSR count). The number of hydrogen-bond acceptors (Lipinski definition) is 1. The van der Waals surface area contributed by atoms with Gasteiger partial charge in [0.15, 0.2) is 0 Å². The Kier molecular flexibility index (Phi) is 5.48. The molecule has 0 heterocycles. The van der Waals surface area contributed by atoms with E-state index in [0.29, 0.717) is 5.56 Å². The quantitative estimate of drug-likeness (QED) is 0.785. The highest BCUT2D eigenvalue weighted by Gasteiger charge is 2.18. The molecule has 0 aliphatic rings. The summed E-state index contributed by atoms with van der Waals surface area (Å²) in [5.74, 6) is -1.11. The van der Waals surface area contributed by atoms with Gasteiger partial charge in [0.25, 0.3) is 0 Å². The van der Waals surface area contributed by atoms with Crippen LogP contribution < -0.4 is 5.32 Å². The second kappa shape index (κ2) is 7.14. The van der Waals surface area contributed by atoms with Crippen LogP contribution in [0.2, 0.25) is 0 Å². The average Bonchev–Trinajstić information content (AvgIpc) is 2.42. The maximum Gasteiger partial charge on any atom is 0.126 e. The summed E-state index contributed by atoms with van der Waals surface area (Å²) in [5.41, 5.74) is 2.68. The molecule has 4 heteroatoms. The van der Waals surface area contributed by atoms with Gasteiger partial charge in [0.05, 0.1) is 6.04 Å². The van der Waals surface area contributed by atoms with Crippen LogP contribution in [0.5, 0.6) is 0 Å². The standard InChI is InChI=1S/C17H18BrF2N/c1-3-7-21-17(12-8-13(19)10-14(20)9-12)15-5-4-6-16(18)11(15)2/h4-6,8-10,17,21H,3,7H2,1-2H3. The van der Waals surface area contributed by atoms with Gasteiger partial charge in [-0.25, -0.2) is 8.78 Å². The van der Waals surface area contributed by atoms with E-state index >= 15 is 0 Å². The van der Waals surface area contributed by atoms with Gasteiger partial charge in [-0.2, -0.15) is 0 Å². The Hall–Kier alpha value is -1.26. The first-order chi connectivity index (χ1) is 10.0. The first-order valence-corrected chi connectivity index (χ1v) is 7.76. The second-order valence-electron chi connectivity index (χ2n) is 5.04. The van der Waals surface area contributed by atoms with Crippen LogP contribution in [0.15, 0.2) is 40.9 Å². The van der Waals surface area contributed by atoms with Gasteiger partial charge in [0.2, 0.25) is 0 Å². The van der Waals surface area contributed by atoms with Crippen molar-refractivity contribution in [3.8, 4) is 0 Å². The Morgan fingerprint density at radius 3 is 2.43 bits per heavy atom. The monoisotopic (exact) mass is 353 g/mol. The van der Waals surface area contributed by atoms with Crippen molar-refractivity contribution in [3.05, 3.63) is 69.2 Å². The Morgan fingerprint density at radius 2 is 1.81 bits per heavy atom. The van der Waals surface area contributed by atoms with E-state index in [0.717, 1.165) is 34.6 Å². The summed E-state index contributed by atoms with van der Waals surface area (Å²) in [6.45, 7) is 4.83. The van der Waals surface area contributed by atoms with Gasteiger partial charge >= 0.3 is 0 Å². The second-order valence-corrected chi connectivity index (χ2v) is 5.90. The lowest BCUT2D eigenvalue weighted by Gasteiger charge is -2.22. The van der Waals surface area contributed by atoms with Crippen molar-refractivity contribution in [1.29, 1.82) is 0 Å². The van der Waals surface area contributed by atoms with Crippen LogP contribution in [0.25, 0.3) is 0 Å². The molecule has 0 saturated carbocycles. The lowest BCUT2D eigenvalue weighted by atomic mass is 9.94. The SMILES string of the molecule is CCCNC(c1cc(F)cc(F)c1)c1cccc(Br)c1C. The summed E-state index contributed by atoms with van der Waals surface area (Å²) < 4.78 is 28.0. The predicted molar refractivity (Wildman–Crippen MR) is 85.4 cm³/mol. The molecule has 0 bridgehead atoms. The molecule has 0 spiro atoms. The van der Waals surface area contributed by atoms with Crippen LogP contribution in [-0.2, 0) is 0 Å². The van der Waals surface area contributed by atoms with E-state index in [1.54, 1.807) is 0 Å². The predicted octanol–water partition coefficient (Wildman–Crippen LogP) is 5.12. The summed E-state index contributed by atoms with van der Waals surface area (Å²) in [7, 11) is 0. The molecule has 0 aromatic heterocycles. The zero-order valence-corrected chi connectivity index (χ0v) is 13.7. The lowest BCUT2D eigenvalue weighted by molar-refractivity contribution is 0.557. The zero-order chi connectivity index (χ0) is 15.4. The maximum absolute atomic E-state index is 13.5. The highest BCUT2D eigenvalue weighted by atomic mass is 79.9. The van der Waals surface area contributed by atoms with E-state index in [1.807, 2.05) is 25.1 Å². The topological polar surface area (TPSA) is 12.0 Å². The molecular formula is C17H18BrF2N. The van der Waals surface area contributed by atoms with Crippen LogP contribution in [0, 0.1) is 18.6 Å². The molecule has 0 radical (unpaired) electrons. The molecule has 0 fully saturated rings. The van der Waals surface area contributed by atoms with Crippen molar-refractivity contribution in [2.24, 2.45) is 0 Å². The summed E-state index contributed by atoms with van der Waals surface area (Å²) in [4.78, 5) is 0. The smallest absolute Gasteiger partial charge is 0.126 e. The molecule has 0 aliphatic heterocycles. The van der Waals surface area contributed by atoms with E-state index in [1.165, 1.54) is 12.1 Å². The van der Waals surface area contributed by atoms with E-state index in [2.05, 4.69) is 28.2 Å². The largest absolute Gasteiger partial charge is 0.306 e. The Balaban J connectivity index is 2.49. The molecule has 1 unspecified atom stereocenters. The third kappa shape index (κ3) is 3.89. The van der Waals surface area contributed by atoms with Gasteiger partial charge in [0, 0.05) is 10.5 Å². The molecule has 0 saturated heterocycles. The van der Waals surface area contributed by atoms with Crippen LogP contribution in [0.3, 0.4) is 0 Å². The van der Waals surface area contributed by atoms with Crippen LogP contribution >= 0.6 is 15.9 Å². The van der Waals surface area contributed by atoms with Gasteiger partial charge in [-0.15, -0.1) is 0 Å². The fourth-order valence-corrected chi connectivity index (χ4v) is 2.76. The molecule has 2 aromatic rings. The van der Waals surface area contributed by atoms with E-state index < -0.39 is 11.6 Å². The molecule has 0 amide bonds. The Bertz CT molecular complexity index is 608. The highest BCUT2D eigenvalue weighted by Crippen LogP contribution is 2.29. The minimum atomic E-state index is -0.555. The van der Waals surface area contributed by atoms with Crippen molar-refractivity contribution in [2.45, 2.75) is 26.3 Å². The zero-order valence-electron chi connectivity index (χ0n) is 12.1. The number of nitrogens with one attached hydrogen (secondary N) is 1. The van der Waals surface area contributed by atoms with Crippen molar-refractivity contribution < 1.29 is 8.78 Å². The van der Waals surface area contributed by atoms with Crippen molar-refractivity contribution in [1.82, 2.24) is 5.32 Å². The van der Waals surface area contributed by atoms with Crippen LogP contribution in [0.1, 0.15) is 36.1 Å². The molecule has 1 N–H and O–H groups in total. The molecule has 2 aromatic carbocycles. The van der Waals surface area contributed by atoms with Crippen molar-refractivity contribution in [3.63, 3.8) is 0 Å². The van der Waals surface area contributed by atoms with Gasteiger partial charge < -0.3 is 5.32 Å². The van der Waals surface area contributed by atoms with E-state index in [9.17, 15) is 8.78 Å². The molecular weight excluding hydrogens is 336 g/mol. The maximum atomic E-state index is 13.5. The Labute approximate surface area is 132 Å². The van der Waals surface area contributed by atoms with Gasteiger partial charge in [0.1, 0.15) is 11.6 Å². The average molecular weight is 354 g/mol. The fourth-order valence-electron chi connectivity index (χ4n) is 2.37. The number of benzene rings is 2.